The van der Waals surface area contributed by atoms with Crippen LogP contribution in [-0.4, -0.2) is 17.0 Å². The first-order valence-corrected chi connectivity index (χ1v) is 9.49. The van der Waals surface area contributed by atoms with Crippen LogP contribution >= 0.6 is 0 Å². The van der Waals surface area contributed by atoms with Gasteiger partial charge in [0.15, 0.2) is 0 Å². The number of rotatable bonds is 7. The van der Waals surface area contributed by atoms with E-state index in [-0.39, 0.29) is 11.7 Å². The van der Waals surface area contributed by atoms with Gasteiger partial charge in [-0.15, -0.1) is 0 Å². The van der Waals surface area contributed by atoms with Gasteiger partial charge in [-0.25, -0.2) is 4.39 Å². The van der Waals surface area contributed by atoms with Gasteiger partial charge >= 0.3 is 5.97 Å². The minimum absolute atomic E-state index is 0.191. The summed E-state index contributed by atoms with van der Waals surface area (Å²) >= 11 is 0. The molecule has 0 heterocycles. The Morgan fingerprint density at radius 3 is 2.21 bits per heavy atom. The highest BCUT2D eigenvalue weighted by Crippen LogP contribution is 2.30. The monoisotopic (exact) mass is 385 g/mol. The van der Waals surface area contributed by atoms with Crippen LogP contribution in [0.5, 0.6) is 5.75 Å². The van der Waals surface area contributed by atoms with Crippen LogP contribution in [0.3, 0.4) is 0 Å². The molecule has 0 bridgehead atoms. The fraction of sp³-hybridized carbons (Fsp3) is 0.364. The van der Waals surface area contributed by atoms with Crippen molar-refractivity contribution in [2.45, 2.75) is 38.8 Å². The zero-order chi connectivity index (χ0) is 19.9. The van der Waals surface area contributed by atoms with E-state index < -0.39 is 17.8 Å². The molecule has 2 atom stereocenters. The molecule has 0 spiro atoms. The van der Waals surface area contributed by atoms with Crippen molar-refractivity contribution in [1.29, 1.82) is 0 Å². The zero-order valence-electron chi connectivity index (χ0n) is 15.6. The van der Waals surface area contributed by atoms with Crippen molar-refractivity contribution >= 4 is 11.9 Å². The van der Waals surface area contributed by atoms with E-state index in [2.05, 4.69) is 5.32 Å². The Morgan fingerprint density at radius 1 is 0.964 bits per heavy atom. The number of carbonyl (C=O) groups excluding carboxylic acids is 1. The highest BCUT2D eigenvalue weighted by atomic mass is 19.1. The summed E-state index contributed by atoms with van der Waals surface area (Å²) in [5.74, 6) is -1.72. The number of hydrogen-bond donors (Lipinski definition) is 2. The summed E-state index contributed by atoms with van der Waals surface area (Å²) in [6, 6.07) is 13.5. The topological polar surface area (TPSA) is 75.6 Å². The first-order valence-electron chi connectivity index (χ1n) is 9.49. The Labute approximate surface area is 163 Å². The number of ether oxygens (including phenoxy) is 1. The molecule has 148 valence electrons. The normalized spacial score (nSPS) is 19.0. The molecule has 2 N–H and O–H groups in total. The number of amides is 1. The Hall–Kier alpha value is -2.89. The number of benzene rings is 2. The molecule has 0 radical (unpaired) electrons. The van der Waals surface area contributed by atoms with Crippen molar-refractivity contribution in [2.75, 3.05) is 0 Å². The van der Waals surface area contributed by atoms with Crippen LogP contribution in [0.1, 0.15) is 36.8 Å². The molecule has 2 unspecified atom stereocenters. The largest absolute Gasteiger partial charge is 0.489 e. The number of carbonyl (C=O) groups is 2. The predicted molar refractivity (Wildman–Crippen MR) is 102 cm³/mol. The summed E-state index contributed by atoms with van der Waals surface area (Å²) in [6.45, 7) is 0.689. The smallest absolute Gasteiger partial charge is 0.307 e. The lowest BCUT2D eigenvalue weighted by Gasteiger charge is -2.27. The molecule has 0 aliphatic heterocycles. The van der Waals surface area contributed by atoms with E-state index in [1.54, 1.807) is 12.1 Å². The molecule has 2 aromatic carbocycles. The Balaban J connectivity index is 1.49. The minimum Gasteiger partial charge on any atom is -0.489 e. The summed E-state index contributed by atoms with van der Waals surface area (Å²) < 4.78 is 18.6. The zero-order valence-corrected chi connectivity index (χ0v) is 15.6. The van der Waals surface area contributed by atoms with Crippen LogP contribution in [-0.2, 0) is 22.7 Å². The predicted octanol–water partition coefficient (Wildman–Crippen LogP) is 3.91. The molecular formula is C22H24FNO4. The van der Waals surface area contributed by atoms with Crippen molar-refractivity contribution in [3.8, 4) is 5.75 Å². The van der Waals surface area contributed by atoms with E-state index in [4.69, 9.17) is 4.74 Å². The van der Waals surface area contributed by atoms with Gasteiger partial charge < -0.3 is 15.2 Å². The molecule has 28 heavy (non-hydrogen) atoms. The van der Waals surface area contributed by atoms with Crippen LogP contribution in [0.2, 0.25) is 0 Å². The average molecular weight is 385 g/mol. The second-order valence-corrected chi connectivity index (χ2v) is 7.11. The van der Waals surface area contributed by atoms with Crippen molar-refractivity contribution in [3.05, 3.63) is 65.5 Å². The fourth-order valence-electron chi connectivity index (χ4n) is 3.51. The minimum atomic E-state index is -0.887. The maximum absolute atomic E-state index is 12.9. The van der Waals surface area contributed by atoms with Gasteiger partial charge in [0.1, 0.15) is 18.2 Å². The second kappa shape index (κ2) is 9.35. The number of halogens is 1. The number of nitrogens with one attached hydrogen (secondary N) is 1. The molecule has 2 aromatic rings. The Kier molecular flexibility index (Phi) is 6.63. The summed E-state index contributed by atoms with van der Waals surface area (Å²) in [4.78, 5) is 23.8. The van der Waals surface area contributed by atoms with E-state index in [0.717, 1.165) is 24.0 Å². The quantitative estimate of drug-likeness (QED) is 0.758. The second-order valence-electron chi connectivity index (χ2n) is 7.11. The van der Waals surface area contributed by atoms with E-state index in [9.17, 15) is 19.1 Å². The highest BCUT2D eigenvalue weighted by molar-refractivity contribution is 5.84. The molecule has 1 amide bonds. The van der Waals surface area contributed by atoms with E-state index in [1.807, 2.05) is 24.3 Å². The van der Waals surface area contributed by atoms with Crippen LogP contribution in [0.15, 0.2) is 48.5 Å². The molecule has 3 rings (SSSR count). The third kappa shape index (κ3) is 5.31. The molecule has 1 aliphatic carbocycles. The van der Waals surface area contributed by atoms with E-state index in [1.165, 1.54) is 12.1 Å². The molecule has 1 saturated carbocycles. The summed E-state index contributed by atoms with van der Waals surface area (Å²) in [6.07, 6.45) is 2.94. The fourth-order valence-corrected chi connectivity index (χ4v) is 3.51. The SMILES string of the molecule is O=C(O)C1CCCCC1C(=O)NCc1ccc(OCc2ccc(F)cc2)cc1. The first-order chi connectivity index (χ1) is 13.5. The lowest BCUT2D eigenvalue weighted by molar-refractivity contribution is -0.148. The molecule has 6 heteroatoms. The maximum Gasteiger partial charge on any atom is 0.307 e. The van der Waals surface area contributed by atoms with E-state index >= 15 is 0 Å². The summed E-state index contributed by atoms with van der Waals surface area (Å²) in [5, 5.41) is 12.2. The van der Waals surface area contributed by atoms with Crippen LogP contribution in [0, 0.1) is 17.7 Å². The number of hydrogen-bond acceptors (Lipinski definition) is 3. The van der Waals surface area contributed by atoms with Gasteiger partial charge in [-0.05, 0) is 48.2 Å². The van der Waals surface area contributed by atoms with Crippen LogP contribution in [0.4, 0.5) is 4.39 Å². The molecule has 0 saturated heterocycles. The van der Waals surface area contributed by atoms with Crippen LogP contribution in [0.25, 0.3) is 0 Å². The first kappa shape index (κ1) is 19.9. The summed E-state index contributed by atoms with van der Waals surface area (Å²) in [5.41, 5.74) is 1.78. The van der Waals surface area contributed by atoms with Crippen molar-refractivity contribution in [3.63, 3.8) is 0 Å². The van der Waals surface area contributed by atoms with E-state index in [0.29, 0.717) is 31.7 Å². The van der Waals surface area contributed by atoms with Crippen molar-refractivity contribution in [1.82, 2.24) is 5.32 Å². The molecule has 1 aliphatic rings. The third-order valence-corrected chi connectivity index (χ3v) is 5.13. The van der Waals surface area contributed by atoms with Gasteiger partial charge in [-0.3, -0.25) is 9.59 Å². The Bertz CT molecular complexity index is 804. The number of aliphatic carboxylic acids is 1. The molecule has 0 aromatic heterocycles. The number of carboxylic acid groups (broad SMARTS) is 1. The van der Waals surface area contributed by atoms with Crippen molar-refractivity contribution < 1.29 is 23.8 Å². The molecule has 1 fully saturated rings. The third-order valence-electron chi connectivity index (χ3n) is 5.13. The lowest BCUT2D eigenvalue weighted by Crippen LogP contribution is -2.39. The van der Waals surface area contributed by atoms with Gasteiger partial charge in [0.2, 0.25) is 5.91 Å². The van der Waals surface area contributed by atoms with Gasteiger partial charge in [0, 0.05) is 6.54 Å². The van der Waals surface area contributed by atoms with Crippen LogP contribution < -0.4 is 10.1 Å². The number of carboxylic acids is 1. The highest BCUT2D eigenvalue weighted by Gasteiger charge is 2.35. The maximum atomic E-state index is 12.9. The standard InChI is InChI=1S/C22H24FNO4/c23-17-9-5-16(6-10-17)14-28-18-11-7-15(8-12-18)13-24-21(25)19-3-1-2-4-20(19)22(26)27/h5-12,19-20H,1-4,13-14H2,(H,24,25)(H,26,27). The van der Waals surface area contributed by atoms with Crippen molar-refractivity contribution in [2.24, 2.45) is 11.8 Å². The summed E-state index contributed by atoms with van der Waals surface area (Å²) in [7, 11) is 0. The Morgan fingerprint density at radius 2 is 1.57 bits per heavy atom. The molecular weight excluding hydrogens is 361 g/mol. The van der Waals surface area contributed by atoms with Gasteiger partial charge in [0.05, 0.1) is 11.8 Å². The molecule has 5 nitrogen and oxygen atoms in total. The van der Waals surface area contributed by atoms with Gasteiger partial charge in [-0.1, -0.05) is 37.1 Å². The van der Waals surface area contributed by atoms with Gasteiger partial charge in [-0.2, -0.15) is 0 Å². The van der Waals surface area contributed by atoms with Gasteiger partial charge in [0.25, 0.3) is 0 Å². The lowest BCUT2D eigenvalue weighted by atomic mass is 9.78. The average Bonchev–Trinajstić information content (AvgIpc) is 2.72.